The molecule has 0 unspecified atom stereocenters. The summed E-state index contributed by atoms with van der Waals surface area (Å²) in [5.74, 6) is 0.630. The molecule has 0 saturated heterocycles. The van der Waals surface area contributed by atoms with Crippen LogP contribution in [0.1, 0.15) is 49.6 Å². The number of hydrogen-bond donors (Lipinski definition) is 2. The number of benzene rings is 1. The Morgan fingerprint density at radius 1 is 1.11 bits per heavy atom. The van der Waals surface area contributed by atoms with Crippen LogP contribution in [0.25, 0.3) is 0 Å². The molecule has 0 saturated carbocycles. The van der Waals surface area contributed by atoms with Gasteiger partial charge in [-0.2, -0.15) is 0 Å². The summed E-state index contributed by atoms with van der Waals surface area (Å²) in [7, 11) is -3.69. The highest BCUT2D eigenvalue weighted by atomic mass is 32.2. The van der Waals surface area contributed by atoms with Gasteiger partial charge in [0.25, 0.3) is 0 Å². The minimum absolute atomic E-state index is 0.00903. The number of hydrogen-bond acceptors (Lipinski definition) is 5. The van der Waals surface area contributed by atoms with Gasteiger partial charge in [-0.15, -0.1) is 0 Å². The maximum absolute atomic E-state index is 12.6. The zero-order chi connectivity index (χ0) is 20.4. The highest BCUT2D eigenvalue weighted by Crippen LogP contribution is 2.24. The first-order valence-electron chi connectivity index (χ1n) is 8.75. The van der Waals surface area contributed by atoms with Crippen molar-refractivity contribution in [3.63, 3.8) is 0 Å². The number of rotatable bonds is 6. The predicted octanol–water partition coefficient (Wildman–Crippen LogP) is 3.20. The van der Waals surface area contributed by atoms with E-state index in [-0.39, 0.29) is 29.2 Å². The number of amides is 1. The summed E-state index contributed by atoms with van der Waals surface area (Å²) in [5, 5.41) is 6.42. The van der Waals surface area contributed by atoms with E-state index in [1.807, 2.05) is 39.8 Å². The topological polar surface area (TPSA) is 101 Å². The number of carbonyl (C=O) groups is 1. The van der Waals surface area contributed by atoms with E-state index in [2.05, 4.69) is 15.2 Å². The Morgan fingerprint density at radius 2 is 1.70 bits per heavy atom. The Hall–Kier alpha value is -2.19. The molecule has 1 aromatic heterocycles. The molecule has 0 spiro atoms. The first kappa shape index (κ1) is 21.1. The number of aromatic nitrogens is 1. The average molecular weight is 394 g/mol. The van der Waals surface area contributed by atoms with E-state index in [0.29, 0.717) is 22.7 Å². The Kier molecular flexibility index (Phi) is 6.11. The lowest BCUT2D eigenvalue weighted by atomic mass is 9.93. The molecule has 1 amide bonds. The van der Waals surface area contributed by atoms with Gasteiger partial charge in [-0.1, -0.05) is 43.6 Å². The first-order valence-corrected chi connectivity index (χ1v) is 10.2. The van der Waals surface area contributed by atoms with Gasteiger partial charge in [0.15, 0.2) is 5.82 Å². The first-order chi connectivity index (χ1) is 12.4. The molecule has 1 aromatic carbocycles. The monoisotopic (exact) mass is 393 g/mol. The number of aryl methyl sites for hydroxylation is 3. The number of anilines is 1. The highest BCUT2D eigenvalue weighted by Gasteiger charge is 2.21. The molecule has 2 rings (SSSR count). The molecule has 0 aliphatic carbocycles. The smallest absolute Gasteiger partial charge is 0.241 e. The van der Waals surface area contributed by atoms with Gasteiger partial charge >= 0.3 is 0 Å². The molecular formula is C19H27N3O4S. The SMILES string of the molecule is Cc1cc(C)c(S(=O)(=O)NCCC(=O)Nc2cc(C(C)(C)C)on2)c(C)c1. The minimum Gasteiger partial charge on any atom is -0.359 e. The van der Waals surface area contributed by atoms with E-state index < -0.39 is 10.0 Å². The van der Waals surface area contributed by atoms with E-state index in [4.69, 9.17) is 4.52 Å². The van der Waals surface area contributed by atoms with Crippen LogP contribution in [0.3, 0.4) is 0 Å². The maximum atomic E-state index is 12.6. The highest BCUT2D eigenvalue weighted by molar-refractivity contribution is 7.89. The van der Waals surface area contributed by atoms with Crippen molar-refractivity contribution in [1.82, 2.24) is 9.88 Å². The maximum Gasteiger partial charge on any atom is 0.241 e. The molecule has 0 atom stereocenters. The molecule has 148 valence electrons. The third-order valence-corrected chi connectivity index (χ3v) is 5.80. The summed E-state index contributed by atoms with van der Waals surface area (Å²) < 4.78 is 32.8. The molecule has 2 aromatic rings. The van der Waals surface area contributed by atoms with Crippen molar-refractivity contribution in [2.75, 3.05) is 11.9 Å². The van der Waals surface area contributed by atoms with Gasteiger partial charge < -0.3 is 9.84 Å². The van der Waals surface area contributed by atoms with Crippen molar-refractivity contribution in [1.29, 1.82) is 0 Å². The molecule has 27 heavy (non-hydrogen) atoms. The Morgan fingerprint density at radius 3 is 2.22 bits per heavy atom. The molecule has 2 N–H and O–H groups in total. The lowest BCUT2D eigenvalue weighted by Crippen LogP contribution is -2.29. The van der Waals surface area contributed by atoms with Crippen molar-refractivity contribution in [2.24, 2.45) is 0 Å². The van der Waals surface area contributed by atoms with E-state index in [9.17, 15) is 13.2 Å². The van der Waals surface area contributed by atoms with Crippen LogP contribution in [0.2, 0.25) is 0 Å². The van der Waals surface area contributed by atoms with Gasteiger partial charge in [0.2, 0.25) is 15.9 Å². The molecule has 8 heteroatoms. The van der Waals surface area contributed by atoms with Gasteiger partial charge in [0.05, 0.1) is 4.90 Å². The second-order valence-corrected chi connectivity index (χ2v) is 9.45. The van der Waals surface area contributed by atoms with Crippen molar-refractivity contribution in [3.8, 4) is 0 Å². The predicted molar refractivity (Wildman–Crippen MR) is 104 cm³/mol. The number of nitrogens with zero attached hydrogens (tertiary/aromatic N) is 1. The fraction of sp³-hybridized carbons (Fsp3) is 0.474. The van der Waals surface area contributed by atoms with Crippen LogP contribution in [-0.2, 0) is 20.2 Å². The zero-order valence-electron chi connectivity index (χ0n) is 16.6. The molecule has 7 nitrogen and oxygen atoms in total. The van der Waals surface area contributed by atoms with Crippen molar-refractivity contribution >= 4 is 21.7 Å². The summed E-state index contributed by atoms with van der Waals surface area (Å²) >= 11 is 0. The summed E-state index contributed by atoms with van der Waals surface area (Å²) in [6.07, 6.45) is -0.0130. The van der Waals surface area contributed by atoms with Crippen LogP contribution < -0.4 is 10.0 Å². The molecule has 0 aliphatic heterocycles. The quantitative estimate of drug-likeness (QED) is 0.785. The largest absolute Gasteiger partial charge is 0.359 e. The van der Waals surface area contributed by atoms with Crippen LogP contribution in [0.15, 0.2) is 27.6 Å². The third kappa shape index (κ3) is 5.40. The van der Waals surface area contributed by atoms with Gasteiger partial charge in [-0.25, -0.2) is 13.1 Å². The van der Waals surface area contributed by atoms with Crippen molar-refractivity contribution in [2.45, 2.75) is 58.3 Å². The number of nitrogens with one attached hydrogen (secondary N) is 2. The Labute approximate surface area is 160 Å². The van der Waals surface area contributed by atoms with E-state index in [1.54, 1.807) is 19.9 Å². The summed E-state index contributed by atoms with van der Waals surface area (Å²) in [6, 6.07) is 5.32. The summed E-state index contributed by atoms with van der Waals surface area (Å²) in [5.41, 5.74) is 2.16. The lowest BCUT2D eigenvalue weighted by Gasteiger charge is -2.13. The van der Waals surface area contributed by atoms with Crippen LogP contribution in [0.4, 0.5) is 5.82 Å². The van der Waals surface area contributed by atoms with Crippen molar-refractivity contribution < 1.29 is 17.7 Å². The van der Waals surface area contributed by atoms with E-state index in [0.717, 1.165) is 5.56 Å². The molecular weight excluding hydrogens is 366 g/mol. The Balaban J connectivity index is 1.95. The molecule has 0 fully saturated rings. The van der Waals surface area contributed by atoms with Gasteiger partial charge in [-0.05, 0) is 31.9 Å². The zero-order valence-corrected chi connectivity index (χ0v) is 17.5. The van der Waals surface area contributed by atoms with E-state index in [1.165, 1.54) is 0 Å². The summed E-state index contributed by atoms with van der Waals surface area (Å²) in [6.45, 7) is 11.4. The second-order valence-electron chi connectivity index (χ2n) is 7.75. The van der Waals surface area contributed by atoms with Gasteiger partial charge in [0, 0.05) is 24.4 Å². The molecule has 0 radical (unpaired) electrons. The fourth-order valence-corrected chi connectivity index (χ4v) is 4.34. The normalized spacial score (nSPS) is 12.2. The summed E-state index contributed by atoms with van der Waals surface area (Å²) in [4.78, 5) is 12.3. The van der Waals surface area contributed by atoms with E-state index >= 15 is 0 Å². The van der Waals surface area contributed by atoms with Crippen LogP contribution in [-0.4, -0.2) is 26.0 Å². The molecule has 1 heterocycles. The van der Waals surface area contributed by atoms with Crippen LogP contribution in [0.5, 0.6) is 0 Å². The standard InChI is InChI=1S/C19H27N3O4S/c1-12-9-13(2)18(14(3)10-12)27(24,25)20-8-7-17(23)21-16-11-15(26-22-16)19(4,5)6/h9-11,20H,7-8H2,1-6H3,(H,21,22,23). The average Bonchev–Trinajstić information content (AvgIpc) is 2.93. The lowest BCUT2D eigenvalue weighted by molar-refractivity contribution is -0.116. The number of sulfonamides is 1. The van der Waals surface area contributed by atoms with Crippen molar-refractivity contribution in [3.05, 3.63) is 40.6 Å². The molecule has 0 aliphatic rings. The Bertz CT molecular complexity index is 917. The third-order valence-electron chi connectivity index (χ3n) is 4.03. The van der Waals surface area contributed by atoms with Crippen LogP contribution >= 0.6 is 0 Å². The minimum atomic E-state index is -3.69. The van der Waals surface area contributed by atoms with Crippen LogP contribution in [0, 0.1) is 20.8 Å². The molecule has 0 bridgehead atoms. The number of carbonyl (C=O) groups excluding carboxylic acids is 1. The fourth-order valence-electron chi connectivity index (χ4n) is 2.85. The second kappa shape index (κ2) is 7.82. The van der Waals surface area contributed by atoms with Gasteiger partial charge in [-0.3, -0.25) is 4.79 Å². The van der Waals surface area contributed by atoms with Gasteiger partial charge in [0.1, 0.15) is 5.76 Å².